The van der Waals surface area contributed by atoms with Crippen LogP contribution in [-0.2, 0) is 0 Å². The summed E-state index contributed by atoms with van der Waals surface area (Å²) in [4.78, 5) is 0.376. The highest BCUT2D eigenvalue weighted by Crippen LogP contribution is 2.55. The van der Waals surface area contributed by atoms with Crippen LogP contribution in [-0.4, -0.2) is 7.11 Å². The molecule has 3 rings (SSSR count). The van der Waals surface area contributed by atoms with Crippen molar-refractivity contribution in [1.29, 1.82) is 0 Å². The molecule has 0 amide bonds. The van der Waals surface area contributed by atoms with Gasteiger partial charge < -0.3 is 4.74 Å². The van der Waals surface area contributed by atoms with Crippen molar-refractivity contribution in [3.05, 3.63) is 28.8 Å². The summed E-state index contributed by atoms with van der Waals surface area (Å²) in [6.45, 7) is 0. The summed E-state index contributed by atoms with van der Waals surface area (Å²) in [5.74, 6) is 3.55. The highest BCUT2D eigenvalue weighted by atomic mass is 79.9. The van der Waals surface area contributed by atoms with Gasteiger partial charge in [-0.15, -0.1) is 0 Å². The van der Waals surface area contributed by atoms with Crippen molar-refractivity contribution in [2.75, 3.05) is 7.11 Å². The van der Waals surface area contributed by atoms with Crippen LogP contribution < -0.4 is 4.74 Å². The van der Waals surface area contributed by atoms with Gasteiger partial charge in [0.15, 0.2) is 0 Å². The number of hydrogen-bond acceptors (Lipinski definition) is 1. The molecule has 4 atom stereocenters. The van der Waals surface area contributed by atoms with E-state index in [1.165, 1.54) is 31.2 Å². The molecule has 2 saturated carbocycles. The van der Waals surface area contributed by atoms with Gasteiger partial charge in [0.1, 0.15) is 5.75 Å². The molecule has 2 bridgehead atoms. The van der Waals surface area contributed by atoms with E-state index in [9.17, 15) is 0 Å². The number of hydrogen-bond donors (Lipinski definition) is 0. The van der Waals surface area contributed by atoms with E-state index in [1.54, 1.807) is 7.11 Å². The van der Waals surface area contributed by atoms with Gasteiger partial charge in [0, 0.05) is 15.4 Å². The van der Waals surface area contributed by atoms with Crippen LogP contribution in [0.4, 0.5) is 0 Å². The minimum atomic E-state index is 0.376. The molecule has 2 aliphatic carbocycles. The summed E-state index contributed by atoms with van der Waals surface area (Å²) in [6.07, 6.45) is 5.62. The number of ether oxygens (including phenoxy) is 1. The first kappa shape index (κ1) is 12.8. The first-order valence-electron chi connectivity index (χ1n) is 6.66. The Labute approximate surface area is 122 Å². The normalized spacial score (nSPS) is 31.6. The Morgan fingerprint density at radius 2 is 2.17 bits per heavy atom. The fraction of sp³-hybridized carbons (Fsp3) is 0.600. The molecule has 0 heterocycles. The average Bonchev–Trinajstić information content (AvgIpc) is 3.00. The molecule has 2 aliphatic rings. The summed E-state index contributed by atoms with van der Waals surface area (Å²) in [5, 5.41) is 0.790. The number of alkyl halides is 1. The van der Waals surface area contributed by atoms with Gasteiger partial charge in [0.25, 0.3) is 0 Å². The van der Waals surface area contributed by atoms with Crippen molar-refractivity contribution in [3.63, 3.8) is 0 Å². The van der Waals surface area contributed by atoms with Gasteiger partial charge in [-0.1, -0.05) is 34.0 Å². The van der Waals surface area contributed by atoms with Crippen molar-refractivity contribution in [2.45, 2.75) is 30.5 Å². The lowest BCUT2D eigenvalue weighted by Gasteiger charge is -2.28. The van der Waals surface area contributed by atoms with E-state index in [-0.39, 0.29) is 0 Å². The molecule has 0 radical (unpaired) electrons. The lowest BCUT2D eigenvalue weighted by molar-refractivity contribution is 0.323. The number of fused-ring (bicyclic) bond motifs is 2. The molecule has 0 aliphatic heterocycles. The standard InChI is InChI=1S/C15H18BrClO/c1-18-14-5-4-11(17)8-13(14)15(16)12-7-9-2-3-10(12)6-9/h4-5,8-10,12,15H,2-3,6-7H2,1H3. The van der Waals surface area contributed by atoms with Gasteiger partial charge in [-0.25, -0.2) is 0 Å². The van der Waals surface area contributed by atoms with Crippen LogP contribution in [0.25, 0.3) is 0 Å². The molecule has 0 spiro atoms. The number of halogens is 2. The van der Waals surface area contributed by atoms with Crippen LogP contribution >= 0.6 is 27.5 Å². The van der Waals surface area contributed by atoms with E-state index >= 15 is 0 Å². The van der Waals surface area contributed by atoms with E-state index < -0.39 is 0 Å². The minimum absolute atomic E-state index is 0.376. The molecule has 0 N–H and O–H groups in total. The van der Waals surface area contributed by atoms with Crippen molar-refractivity contribution >= 4 is 27.5 Å². The summed E-state index contributed by atoms with van der Waals surface area (Å²) >= 11 is 10.0. The zero-order valence-corrected chi connectivity index (χ0v) is 12.9. The maximum absolute atomic E-state index is 6.13. The van der Waals surface area contributed by atoms with Crippen LogP contribution in [0, 0.1) is 17.8 Å². The molecule has 98 valence electrons. The van der Waals surface area contributed by atoms with E-state index in [2.05, 4.69) is 15.9 Å². The van der Waals surface area contributed by atoms with Crippen LogP contribution in [0.15, 0.2) is 18.2 Å². The maximum atomic E-state index is 6.13. The summed E-state index contributed by atoms with van der Waals surface area (Å²) in [6, 6.07) is 5.91. The topological polar surface area (TPSA) is 9.23 Å². The zero-order chi connectivity index (χ0) is 12.7. The Kier molecular flexibility index (Phi) is 3.59. The predicted molar refractivity (Wildman–Crippen MR) is 78.6 cm³/mol. The third-order valence-corrected chi connectivity index (χ3v) is 6.06. The smallest absolute Gasteiger partial charge is 0.123 e. The number of rotatable bonds is 3. The monoisotopic (exact) mass is 328 g/mol. The molecule has 2 fully saturated rings. The van der Waals surface area contributed by atoms with Gasteiger partial charge in [-0.3, -0.25) is 0 Å². The number of methoxy groups -OCH3 is 1. The van der Waals surface area contributed by atoms with Crippen LogP contribution in [0.2, 0.25) is 5.02 Å². The number of benzene rings is 1. The van der Waals surface area contributed by atoms with Gasteiger partial charge in [-0.2, -0.15) is 0 Å². The molecule has 1 aromatic carbocycles. The Bertz CT molecular complexity index is 448. The van der Waals surface area contributed by atoms with E-state index in [4.69, 9.17) is 16.3 Å². The second-order valence-electron chi connectivity index (χ2n) is 5.63. The fourth-order valence-electron chi connectivity index (χ4n) is 3.80. The third-order valence-electron chi connectivity index (χ3n) is 4.66. The molecule has 4 unspecified atom stereocenters. The first-order valence-corrected chi connectivity index (χ1v) is 7.96. The average molecular weight is 330 g/mol. The third kappa shape index (κ3) is 2.18. The van der Waals surface area contributed by atoms with Crippen molar-refractivity contribution in [1.82, 2.24) is 0 Å². The van der Waals surface area contributed by atoms with Crippen molar-refractivity contribution < 1.29 is 4.74 Å². The molecular weight excluding hydrogens is 312 g/mol. The van der Waals surface area contributed by atoms with Gasteiger partial charge >= 0.3 is 0 Å². The maximum Gasteiger partial charge on any atom is 0.123 e. The largest absolute Gasteiger partial charge is 0.496 e. The van der Waals surface area contributed by atoms with Crippen molar-refractivity contribution in [2.24, 2.45) is 17.8 Å². The highest BCUT2D eigenvalue weighted by molar-refractivity contribution is 9.09. The molecule has 0 saturated heterocycles. The van der Waals surface area contributed by atoms with E-state index in [0.29, 0.717) is 4.83 Å². The molecule has 3 heteroatoms. The Hall–Kier alpha value is -0.210. The summed E-state index contributed by atoms with van der Waals surface area (Å²) < 4.78 is 5.47. The quantitative estimate of drug-likeness (QED) is 0.691. The van der Waals surface area contributed by atoms with Gasteiger partial charge in [-0.05, 0) is 55.2 Å². The molecule has 1 aromatic rings. The Balaban J connectivity index is 1.87. The van der Waals surface area contributed by atoms with Crippen LogP contribution in [0.1, 0.15) is 36.1 Å². The van der Waals surface area contributed by atoms with Gasteiger partial charge in [0.05, 0.1) is 7.11 Å². The molecular formula is C15H18BrClO. The molecule has 18 heavy (non-hydrogen) atoms. The van der Waals surface area contributed by atoms with Crippen LogP contribution in [0.3, 0.4) is 0 Å². The van der Waals surface area contributed by atoms with Crippen LogP contribution in [0.5, 0.6) is 5.75 Å². The molecule has 1 nitrogen and oxygen atoms in total. The second kappa shape index (κ2) is 5.05. The lowest BCUT2D eigenvalue weighted by Crippen LogP contribution is -2.16. The fourth-order valence-corrected chi connectivity index (χ4v) is 4.99. The SMILES string of the molecule is COc1ccc(Cl)cc1C(Br)C1CC2CCC1C2. The summed E-state index contributed by atoms with van der Waals surface area (Å²) in [7, 11) is 1.73. The van der Waals surface area contributed by atoms with E-state index in [1.807, 2.05) is 18.2 Å². The molecule has 0 aromatic heterocycles. The Morgan fingerprint density at radius 1 is 1.33 bits per heavy atom. The zero-order valence-electron chi connectivity index (χ0n) is 10.5. The second-order valence-corrected chi connectivity index (χ2v) is 7.05. The van der Waals surface area contributed by atoms with Gasteiger partial charge in [0.2, 0.25) is 0 Å². The minimum Gasteiger partial charge on any atom is -0.496 e. The predicted octanol–water partition coefficient (Wildman–Crippen LogP) is 5.22. The Morgan fingerprint density at radius 3 is 2.78 bits per heavy atom. The lowest BCUT2D eigenvalue weighted by atomic mass is 9.84. The van der Waals surface area contributed by atoms with Crippen molar-refractivity contribution in [3.8, 4) is 5.75 Å². The van der Waals surface area contributed by atoms with E-state index in [0.717, 1.165) is 28.5 Å². The first-order chi connectivity index (χ1) is 8.69. The summed E-state index contributed by atoms with van der Waals surface area (Å²) in [5.41, 5.74) is 1.21. The highest BCUT2D eigenvalue weighted by Gasteiger charge is 2.43.